The third kappa shape index (κ3) is 4.55. The second kappa shape index (κ2) is 10.1. The van der Waals surface area contributed by atoms with Crippen molar-refractivity contribution in [1.82, 2.24) is 0 Å². The standard InChI is InChI=1S/C27H24ClNO6/c1-4-35-22-14-17(10-13-21(22)34-3)24-23(25(30)16-8-11-20(33-2)12-9-16)26(31)27(32)29(24)19-7-5-6-18(28)15-19/h5-15,24,30H,4H2,1-3H3/b25-23-. The predicted molar refractivity (Wildman–Crippen MR) is 133 cm³/mol. The lowest BCUT2D eigenvalue weighted by atomic mass is 9.94. The zero-order valence-corrected chi connectivity index (χ0v) is 20.2. The molecule has 8 heteroatoms. The van der Waals surface area contributed by atoms with E-state index < -0.39 is 17.7 Å². The molecule has 1 aliphatic heterocycles. The minimum absolute atomic E-state index is 0.0484. The molecule has 1 fully saturated rings. The maximum Gasteiger partial charge on any atom is 0.300 e. The number of rotatable bonds is 7. The smallest absolute Gasteiger partial charge is 0.300 e. The van der Waals surface area contributed by atoms with Gasteiger partial charge in [0.2, 0.25) is 0 Å². The molecule has 7 nitrogen and oxygen atoms in total. The number of halogens is 1. The summed E-state index contributed by atoms with van der Waals surface area (Å²) in [5.41, 5.74) is 1.31. The first-order valence-electron chi connectivity index (χ1n) is 10.9. The van der Waals surface area contributed by atoms with Crippen LogP contribution in [0.4, 0.5) is 5.69 Å². The monoisotopic (exact) mass is 493 g/mol. The maximum atomic E-state index is 13.3. The van der Waals surface area contributed by atoms with Gasteiger partial charge in [0.15, 0.2) is 11.5 Å². The molecule has 0 aromatic heterocycles. The van der Waals surface area contributed by atoms with Crippen molar-refractivity contribution in [3.63, 3.8) is 0 Å². The molecule has 180 valence electrons. The SMILES string of the molecule is CCOc1cc(C2/C(=C(/O)c3ccc(OC)cc3)C(=O)C(=O)N2c2cccc(Cl)c2)ccc1OC. The van der Waals surface area contributed by atoms with Crippen LogP contribution in [0.5, 0.6) is 17.2 Å². The van der Waals surface area contributed by atoms with Gasteiger partial charge >= 0.3 is 0 Å². The van der Waals surface area contributed by atoms with Crippen LogP contribution in [-0.2, 0) is 9.59 Å². The van der Waals surface area contributed by atoms with E-state index in [0.717, 1.165) is 0 Å². The van der Waals surface area contributed by atoms with Gasteiger partial charge in [-0.25, -0.2) is 0 Å². The summed E-state index contributed by atoms with van der Waals surface area (Å²) >= 11 is 6.20. The van der Waals surface area contributed by atoms with E-state index >= 15 is 0 Å². The largest absolute Gasteiger partial charge is 0.507 e. The van der Waals surface area contributed by atoms with Crippen LogP contribution < -0.4 is 19.1 Å². The Morgan fingerprint density at radius 1 is 0.971 bits per heavy atom. The van der Waals surface area contributed by atoms with Crippen molar-refractivity contribution >= 4 is 34.7 Å². The Morgan fingerprint density at radius 3 is 2.34 bits per heavy atom. The summed E-state index contributed by atoms with van der Waals surface area (Å²) in [6.07, 6.45) is 0. The van der Waals surface area contributed by atoms with Crippen molar-refractivity contribution in [1.29, 1.82) is 0 Å². The molecule has 35 heavy (non-hydrogen) atoms. The number of hydrogen-bond donors (Lipinski definition) is 1. The number of anilines is 1. The van der Waals surface area contributed by atoms with Gasteiger partial charge in [0.25, 0.3) is 11.7 Å². The van der Waals surface area contributed by atoms with Crippen molar-refractivity contribution < 1.29 is 28.9 Å². The summed E-state index contributed by atoms with van der Waals surface area (Å²) in [7, 11) is 3.06. The van der Waals surface area contributed by atoms with Crippen molar-refractivity contribution in [2.75, 3.05) is 25.7 Å². The van der Waals surface area contributed by atoms with Crippen molar-refractivity contribution in [2.24, 2.45) is 0 Å². The number of nitrogens with zero attached hydrogens (tertiary/aromatic N) is 1. The Bertz CT molecular complexity index is 1300. The fourth-order valence-electron chi connectivity index (χ4n) is 4.08. The number of carbonyl (C=O) groups excluding carboxylic acids is 2. The summed E-state index contributed by atoms with van der Waals surface area (Å²) < 4.78 is 16.3. The van der Waals surface area contributed by atoms with E-state index in [1.807, 2.05) is 6.92 Å². The van der Waals surface area contributed by atoms with Crippen LogP contribution in [-0.4, -0.2) is 37.6 Å². The molecule has 1 unspecified atom stereocenters. The van der Waals surface area contributed by atoms with Gasteiger partial charge < -0.3 is 19.3 Å². The second-order valence-corrected chi connectivity index (χ2v) is 8.16. The Balaban J connectivity index is 1.95. The number of carbonyl (C=O) groups is 2. The first-order valence-corrected chi connectivity index (χ1v) is 11.3. The fraction of sp³-hybridized carbons (Fsp3) is 0.185. The molecule has 1 atom stereocenters. The molecule has 1 N–H and O–H groups in total. The van der Waals surface area contributed by atoms with Crippen molar-refractivity contribution in [3.05, 3.63) is 88.5 Å². The molecule has 0 saturated carbocycles. The predicted octanol–water partition coefficient (Wildman–Crippen LogP) is 5.38. The summed E-state index contributed by atoms with van der Waals surface area (Å²) in [5.74, 6) is -0.333. The summed E-state index contributed by atoms with van der Waals surface area (Å²) in [6.45, 7) is 2.23. The number of aliphatic hydroxyl groups is 1. The van der Waals surface area contributed by atoms with Crippen LogP contribution in [0, 0.1) is 0 Å². The molecule has 1 aliphatic rings. The molecular formula is C27H24ClNO6. The van der Waals surface area contributed by atoms with Gasteiger partial charge in [0.05, 0.1) is 32.4 Å². The molecule has 4 rings (SSSR count). The first kappa shape index (κ1) is 24.2. The van der Waals surface area contributed by atoms with E-state index in [1.54, 1.807) is 66.7 Å². The highest BCUT2D eigenvalue weighted by Gasteiger charge is 2.47. The normalized spacial score (nSPS) is 16.9. The lowest BCUT2D eigenvalue weighted by Gasteiger charge is -2.26. The molecular weight excluding hydrogens is 470 g/mol. The second-order valence-electron chi connectivity index (χ2n) is 7.72. The van der Waals surface area contributed by atoms with Crippen LogP contribution in [0.2, 0.25) is 5.02 Å². The van der Waals surface area contributed by atoms with Crippen LogP contribution in [0.1, 0.15) is 24.1 Å². The number of amides is 1. The topological polar surface area (TPSA) is 85.3 Å². The highest BCUT2D eigenvalue weighted by molar-refractivity contribution is 6.51. The number of ether oxygens (including phenoxy) is 3. The highest BCUT2D eigenvalue weighted by atomic mass is 35.5. The third-order valence-electron chi connectivity index (χ3n) is 5.70. The maximum absolute atomic E-state index is 13.3. The van der Waals surface area contributed by atoms with E-state index in [4.69, 9.17) is 25.8 Å². The number of ketones is 1. The van der Waals surface area contributed by atoms with Gasteiger partial charge in [0.1, 0.15) is 11.5 Å². The van der Waals surface area contributed by atoms with E-state index in [1.165, 1.54) is 19.1 Å². The van der Waals surface area contributed by atoms with E-state index in [-0.39, 0.29) is 11.3 Å². The van der Waals surface area contributed by atoms with Crippen molar-refractivity contribution in [3.8, 4) is 17.2 Å². The Hall–Kier alpha value is -3.97. The Labute approximate surface area is 208 Å². The van der Waals surface area contributed by atoms with Gasteiger partial charge in [-0.3, -0.25) is 14.5 Å². The molecule has 1 amide bonds. The van der Waals surface area contributed by atoms with E-state index in [2.05, 4.69) is 0 Å². The zero-order chi connectivity index (χ0) is 25.1. The number of Topliss-reactive ketones (excluding diaryl/α,β-unsaturated/α-hetero) is 1. The average Bonchev–Trinajstić information content (AvgIpc) is 3.14. The molecule has 0 spiro atoms. The van der Waals surface area contributed by atoms with Gasteiger partial charge in [0, 0.05) is 16.3 Å². The fourth-order valence-corrected chi connectivity index (χ4v) is 4.26. The molecule has 1 heterocycles. The first-order chi connectivity index (χ1) is 16.9. The highest BCUT2D eigenvalue weighted by Crippen LogP contribution is 2.44. The van der Waals surface area contributed by atoms with E-state index in [0.29, 0.717) is 45.7 Å². The quantitative estimate of drug-likeness (QED) is 0.270. The third-order valence-corrected chi connectivity index (χ3v) is 5.93. The van der Waals surface area contributed by atoms with Gasteiger partial charge in [-0.1, -0.05) is 23.7 Å². The molecule has 1 saturated heterocycles. The lowest BCUT2D eigenvalue weighted by molar-refractivity contribution is -0.132. The van der Waals surface area contributed by atoms with Gasteiger partial charge in [-0.2, -0.15) is 0 Å². The molecule has 0 radical (unpaired) electrons. The lowest BCUT2D eigenvalue weighted by Crippen LogP contribution is -2.29. The summed E-state index contributed by atoms with van der Waals surface area (Å²) in [5, 5.41) is 11.7. The van der Waals surface area contributed by atoms with Crippen LogP contribution in [0.15, 0.2) is 72.3 Å². The van der Waals surface area contributed by atoms with Crippen LogP contribution >= 0.6 is 11.6 Å². The molecule has 3 aromatic rings. The van der Waals surface area contributed by atoms with Crippen LogP contribution in [0.25, 0.3) is 5.76 Å². The zero-order valence-electron chi connectivity index (χ0n) is 19.4. The van der Waals surface area contributed by atoms with Crippen molar-refractivity contribution in [2.45, 2.75) is 13.0 Å². The van der Waals surface area contributed by atoms with Gasteiger partial charge in [-0.15, -0.1) is 0 Å². The number of aliphatic hydroxyl groups excluding tert-OH is 1. The summed E-state index contributed by atoms with van der Waals surface area (Å²) in [4.78, 5) is 27.9. The minimum Gasteiger partial charge on any atom is -0.507 e. The minimum atomic E-state index is -0.930. The van der Waals surface area contributed by atoms with Crippen LogP contribution in [0.3, 0.4) is 0 Å². The van der Waals surface area contributed by atoms with Gasteiger partial charge in [-0.05, 0) is 67.1 Å². The number of hydrogen-bond acceptors (Lipinski definition) is 6. The number of methoxy groups -OCH3 is 2. The van der Waals surface area contributed by atoms with E-state index in [9.17, 15) is 14.7 Å². The average molecular weight is 494 g/mol. The Kier molecular flexibility index (Phi) is 6.98. The Morgan fingerprint density at radius 2 is 1.71 bits per heavy atom. The summed E-state index contributed by atoms with van der Waals surface area (Å²) in [6, 6.07) is 17.4. The molecule has 3 aromatic carbocycles. The number of benzene rings is 3. The molecule has 0 bridgehead atoms. The molecule has 0 aliphatic carbocycles.